The first-order valence-corrected chi connectivity index (χ1v) is 8.08. The lowest BCUT2D eigenvalue weighted by atomic mass is 10.3. The smallest absolute Gasteiger partial charge is 0.182 e. The fourth-order valence-electron chi connectivity index (χ4n) is 2.45. The van der Waals surface area contributed by atoms with Crippen molar-refractivity contribution >= 4 is 17.2 Å². The Bertz CT molecular complexity index is 921. The average Bonchev–Trinajstić information content (AvgIpc) is 2.90. The van der Waals surface area contributed by atoms with Crippen molar-refractivity contribution in [3.63, 3.8) is 0 Å². The fourth-order valence-corrected chi connectivity index (χ4v) is 2.45. The van der Waals surface area contributed by atoms with Crippen LogP contribution in [0.15, 0.2) is 46.8 Å². The predicted octanol–water partition coefficient (Wildman–Crippen LogP) is 4.99. The van der Waals surface area contributed by atoms with Gasteiger partial charge in [-0.25, -0.2) is 9.37 Å². The molecule has 0 spiro atoms. The van der Waals surface area contributed by atoms with E-state index in [1.807, 2.05) is 20.8 Å². The zero-order valence-electron chi connectivity index (χ0n) is 14.4. The van der Waals surface area contributed by atoms with Gasteiger partial charge in [-0.3, -0.25) is 4.40 Å². The summed E-state index contributed by atoms with van der Waals surface area (Å²) in [6.07, 6.45) is 1.34. The maximum atomic E-state index is 13.5. The number of benzene rings is 1. The highest BCUT2D eigenvalue weighted by Crippen LogP contribution is 2.33. The molecule has 0 N–H and O–H groups in total. The summed E-state index contributed by atoms with van der Waals surface area (Å²) in [4.78, 5) is 4.35. The van der Waals surface area contributed by atoms with E-state index in [9.17, 15) is 4.39 Å². The van der Waals surface area contributed by atoms with Crippen LogP contribution in [-0.4, -0.2) is 22.6 Å². The molecule has 0 amide bonds. The molecule has 6 nitrogen and oxygen atoms in total. The first-order chi connectivity index (χ1) is 12.1. The van der Waals surface area contributed by atoms with Crippen LogP contribution < -0.4 is 9.47 Å². The van der Waals surface area contributed by atoms with Gasteiger partial charge in [-0.1, -0.05) is 0 Å². The van der Waals surface area contributed by atoms with Gasteiger partial charge in [0, 0.05) is 12.3 Å². The highest BCUT2D eigenvalue weighted by Gasteiger charge is 2.10. The van der Waals surface area contributed by atoms with Crippen LogP contribution in [0.2, 0.25) is 0 Å². The molecule has 0 saturated heterocycles. The second kappa shape index (κ2) is 7.29. The molecular formula is C18H19FN4O2. The molecule has 0 atom stereocenters. The van der Waals surface area contributed by atoms with Crippen LogP contribution >= 0.6 is 0 Å². The summed E-state index contributed by atoms with van der Waals surface area (Å²) in [5, 5.41) is 8.48. The van der Waals surface area contributed by atoms with E-state index in [-0.39, 0.29) is 5.82 Å². The number of hydrogen-bond donors (Lipinski definition) is 0. The van der Waals surface area contributed by atoms with Crippen molar-refractivity contribution < 1.29 is 13.9 Å². The molecule has 0 bridgehead atoms. The van der Waals surface area contributed by atoms with E-state index in [1.165, 1.54) is 12.3 Å². The molecule has 0 aliphatic heterocycles. The molecule has 2 aromatic heterocycles. The third kappa shape index (κ3) is 3.60. The molecular weight excluding hydrogens is 323 g/mol. The summed E-state index contributed by atoms with van der Waals surface area (Å²) in [5.41, 5.74) is 1.90. The van der Waals surface area contributed by atoms with Gasteiger partial charge in [-0.15, -0.1) is 10.2 Å². The summed E-state index contributed by atoms with van der Waals surface area (Å²) < 4.78 is 26.2. The number of aromatic nitrogens is 2. The van der Waals surface area contributed by atoms with Gasteiger partial charge in [0.1, 0.15) is 11.5 Å². The van der Waals surface area contributed by atoms with E-state index >= 15 is 0 Å². The van der Waals surface area contributed by atoms with E-state index in [1.54, 1.807) is 28.7 Å². The highest BCUT2D eigenvalue weighted by atomic mass is 19.1. The molecule has 25 heavy (non-hydrogen) atoms. The van der Waals surface area contributed by atoms with Gasteiger partial charge in [0.15, 0.2) is 17.3 Å². The van der Waals surface area contributed by atoms with Crippen LogP contribution in [0, 0.1) is 12.7 Å². The second-order valence-corrected chi connectivity index (χ2v) is 5.29. The molecule has 3 rings (SSSR count). The molecule has 0 unspecified atom stereocenters. The summed E-state index contributed by atoms with van der Waals surface area (Å²) in [7, 11) is 0. The lowest BCUT2D eigenvalue weighted by molar-refractivity contribution is 0.288. The van der Waals surface area contributed by atoms with E-state index in [2.05, 4.69) is 15.2 Å². The topological polar surface area (TPSA) is 60.5 Å². The Hall–Kier alpha value is -2.96. The number of hydrogen-bond acceptors (Lipinski definition) is 5. The van der Waals surface area contributed by atoms with Gasteiger partial charge in [-0.2, -0.15) is 0 Å². The van der Waals surface area contributed by atoms with Gasteiger partial charge < -0.3 is 9.47 Å². The van der Waals surface area contributed by atoms with E-state index in [0.29, 0.717) is 47.6 Å². The first-order valence-electron chi connectivity index (χ1n) is 8.08. The number of aryl methyl sites for hydroxylation is 1. The summed E-state index contributed by atoms with van der Waals surface area (Å²) in [6, 6.07) is 8.31. The first kappa shape index (κ1) is 16.9. The third-order valence-corrected chi connectivity index (χ3v) is 3.51. The maximum Gasteiger partial charge on any atom is 0.182 e. The van der Waals surface area contributed by atoms with Crippen molar-refractivity contribution in [1.82, 2.24) is 9.38 Å². The minimum Gasteiger partial charge on any atom is -0.490 e. The summed E-state index contributed by atoms with van der Waals surface area (Å²) in [6.45, 7) is 6.69. The lowest BCUT2D eigenvalue weighted by Gasteiger charge is -2.10. The van der Waals surface area contributed by atoms with E-state index in [4.69, 9.17) is 9.47 Å². The lowest BCUT2D eigenvalue weighted by Crippen LogP contribution is -1.97. The van der Waals surface area contributed by atoms with Crippen molar-refractivity contribution in [3.05, 3.63) is 48.0 Å². The maximum absolute atomic E-state index is 13.5. The van der Waals surface area contributed by atoms with E-state index < -0.39 is 0 Å². The minimum absolute atomic E-state index is 0.360. The molecule has 1 aromatic carbocycles. The van der Waals surface area contributed by atoms with Gasteiger partial charge >= 0.3 is 0 Å². The van der Waals surface area contributed by atoms with Gasteiger partial charge in [-0.05, 0) is 45.0 Å². The van der Waals surface area contributed by atoms with Crippen LogP contribution in [0.1, 0.15) is 19.5 Å². The van der Waals surface area contributed by atoms with Crippen LogP contribution in [0.4, 0.5) is 15.9 Å². The van der Waals surface area contributed by atoms with Gasteiger partial charge in [0.05, 0.1) is 24.6 Å². The third-order valence-electron chi connectivity index (χ3n) is 3.51. The second-order valence-electron chi connectivity index (χ2n) is 5.29. The molecule has 0 aliphatic rings. The molecule has 0 saturated carbocycles. The number of azo groups is 1. The average molecular weight is 342 g/mol. The Labute approximate surface area is 144 Å². The normalized spacial score (nSPS) is 11.4. The van der Waals surface area contributed by atoms with Crippen molar-refractivity contribution in [2.75, 3.05) is 13.2 Å². The molecule has 130 valence electrons. The quantitative estimate of drug-likeness (QED) is 0.593. The monoisotopic (exact) mass is 342 g/mol. The van der Waals surface area contributed by atoms with Crippen molar-refractivity contribution in [1.29, 1.82) is 0 Å². The predicted molar refractivity (Wildman–Crippen MR) is 92.8 cm³/mol. The highest BCUT2D eigenvalue weighted by molar-refractivity contribution is 5.54. The Morgan fingerprint density at radius 1 is 1.04 bits per heavy atom. The molecule has 7 heteroatoms. The number of nitrogens with zero attached hydrogens (tertiary/aromatic N) is 4. The number of fused-ring (bicyclic) bond motifs is 1. The number of imidazole rings is 1. The number of halogens is 1. The van der Waals surface area contributed by atoms with Gasteiger partial charge in [0.25, 0.3) is 0 Å². The molecule has 0 aliphatic carbocycles. The number of pyridine rings is 1. The standard InChI is InChI=1S/C18H19FN4O2/c1-4-24-15-8-7-14(10-16(15)25-5-2)21-22-18-12(3)20-17-9-6-13(19)11-23(17)18/h6-11H,4-5H2,1-3H3. The Morgan fingerprint density at radius 3 is 2.56 bits per heavy atom. The fraction of sp³-hybridized carbons (Fsp3) is 0.278. The Kier molecular flexibility index (Phi) is 4.92. The van der Waals surface area contributed by atoms with Crippen LogP contribution in [-0.2, 0) is 0 Å². The molecule has 0 fully saturated rings. The number of rotatable bonds is 6. The zero-order valence-corrected chi connectivity index (χ0v) is 14.4. The van der Waals surface area contributed by atoms with E-state index in [0.717, 1.165) is 0 Å². The van der Waals surface area contributed by atoms with Crippen LogP contribution in [0.25, 0.3) is 5.65 Å². The molecule has 3 aromatic rings. The zero-order chi connectivity index (χ0) is 17.8. The van der Waals surface area contributed by atoms with Gasteiger partial charge in [0.2, 0.25) is 0 Å². The number of ether oxygens (including phenoxy) is 2. The Morgan fingerprint density at radius 2 is 1.80 bits per heavy atom. The van der Waals surface area contributed by atoms with Crippen molar-refractivity contribution in [2.24, 2.45) is 10.2 Å². The van der Waals surface area contributed by atoms with Crippen LogP contribution in [0.3, 0.4) is 0 Å². The largest absolute Gasteiger partial charge is 0.490 e. The molecule has 2 heterocycles. The SMILES string of the molecule is CCOc1ccc(N=Nc2c(C)nc3ccc(F)cn23)cc1OCC. The summed E-state index contributed by atoms with van der Waals surface area (Å²) in [5.74, 6) is 1.40. The van der Waals surface area contributed by atoms with Crippen molar-refractivity contribution in [3.8, 4) is 11.5 Å². The molecule has 0 radical (unpaired) electrons. The Balaban J connectivity index is 1.95. The van der Waals surface area contributed by atoms with Crippen LogP contribution in [0.5, 0.6) is 11.5 Å². The minimum atomic E-state index is -0.360. The van der Waals surface area contributed by atoms with Crippen molar-refractivity contribution in [2.45, 2.75) is 20.8 Å². The summed E-state index contributed by atoms with van der Waals surface area (Å²) >= 11 is 0.